The highest BCUT2D eigenvalue weighted by Gasteiger charge is 2.21. The molecule has 0 aliphatic heterocycles. The molecule has 19 heavy (non-hydrogen) atoms. The number of carbonyl (C=O) groups is 1. The van der Waals surface area contributed by atoms with E-state index in [0.717, 1.165) is 18.6 Å². The van der Waals surface area contributed by atoms with Gasteiger partial charge in [0.05, 0.1) is 0 Å². The minimum atomic E-state index is 0.0103. The van der Waals surface area contributed by atoms with Crippen molar-refractivity contribution in [2.45, 2.75) is 25.8 Å². The summed E-state index contributed by atoms with van der Waals surface area (Å²) in [6, 6.07) is 6.57. The van der Waals surface area contributed by atoms with Crippen LogP contribution in [0, 0.1) is 0 Å². The van der Waals surface area contributed by atoms with E-state index in [9.17, 15) is 4.79 Å². The number of rotatable bonds is 5. The van der Waals surface area contributed by atoms with Gasteiger partial charge in [-0.3, -0.25) is 4.79 Å². The van der Waals surface area contributed by atoms with E-state index in [0.29, 0.717) is 12.6 Å². The van der Waals surface area contributed by atoms with E-state index in [1.54, 1.807) is 11.9 Å². The van der Waals surface area contributed by atoms with E-state index in [1.807, 2.05) is 20.0 Å². The van der Waals surface area contributed by atoms with Crippen molar-refractivity contribution in [3.63, 3.8) is 0 Å². The minimum Gasteiger partial charge on any atom is -0.484 e. The predicted molar refractivity (Wildman–Crippen MR) is 75.4 cm³/mol. The molecule has 1 amide bonds. The second kappa shape index (κ2) is 6.06. The fourth-order valence-electron chi connectivity index (χ4n) is 2.42. The second-order valence-corrected chi connectivity index (χ2v) is 4.94. The van der Waals surface area contributed by atoms with Gasteiger partial charge >= 0.3 is 0 Å². The lowest BCUT2D eigenvalue weighted by Gasteiger charge is -2.15. The van der Waals surface area contributed by atoms with Crippen LogP contribution in [0.15, 0.2) is 18.2 Å². The van der Waals surface area contributed by atoms with Gasteiger partial charge in [0.15, 0.2) is 6.61 Å². The zero-order chi connectivity index (χ0) is 13.8. The van der Waals surface area contributed by atoms with Crippen LogP contribution < -0.4 is 10.1 Å². The van der Waals surface area contributed by atoms with Crippen LogP contribution in [0.4, 0.5) is 0 Å². The molecule has 0 radical (unpaired) electrons. The Kier molecular flexibility index (Phi) is 4.43. The van der Waals surface area contributed by atoms with Crippen LogP contribution in [0.5, 0.6) is 5.75 Å². The lowest BCUT2D eigenvalue weighted by molar-refractivity contribution is -0.131. The summed E-state index contributed by atoms with van der Waals surface area (Å²) in [5.41, 5.74) is 2.68. The molecule has 0 bridgehead atoms. The number of aryl methyl sites for hydroxylation is 1. The first-order chi connectivity index (χ1) is 9.15. The number of ether oxygens (including phenoxy) is 1. The monoisotopic (exact) mass is 262 g/mol. The van der Waals surface area contributed by atoms with Crippen LogP contribution in [0.1, 0.15) is 30.5 Å². The van der Waals surface area contributed by atoms with Crippen molar-refractivity contribution in [1.29, 1.82) is 0 Å². The molecule has 2 rings (SSSR count). The normalized spacial score (nSPS) is 17.1. The summed E-state index contributed by atoms with van der Waals surface area (Å²) >= 11 is 0. The van der Waals surface area contributed by atoms with Crippen LogP contribution >= 0.6 is 0 Å². The highest BCUT2D eigenvalue weighted by atomic mass is 16.5. The lowest BCUT2D eigenvalue weighted by atomic mass is 10.1. The van der Waals surface area contributed by atoms with Gasteiger partial charge in [0.2, 0.25) is 0 Å². The third-order valence-corrected chi connectivity index (χ3v) is 3.80. The van der Waals surface area contributed by atoms with Gasteiger partial charge in [0.25, 0.3) is 5.91 Å². The Bertz CT molecular complexity index is 459. The van der Waals surface area contributed by atoms with Gasteiger partial charge in [-0.05, 0) is 50.1 Å². The maximum absolute atomic E-state index is 11.7. The van der Waals surface area contributed by atoms with E-state index in [-0.39, 0.29) is 12.5 Å². The van der Waals surface area contributed by atoms with E-state index >= 15 is 0 Å². The molecule has 0 heterocycles. The first kappa shape index (κ1) is 13.9. The number of hydrogen-bond donors (Lipinski definition) is 1. The highest BCUT2D eigenvalue weighted by molar-refractivity contribution is 5.77. The first-order valence-electron chi connectivity index (χ1n) is 6.82. The molecule has 0 fully saturated rings. The Labute approximate surface area is 114 Å². The smallest absolute Gasteiger partial charge is 0.260 e. The fraction of sp³-hybridized carbons (Fsp3) is 0.533. The Balaban J connectivity index is 1.98. The summed E-state index contributed by atoms with van der Waals surface area (Å²) in [5.74, 6) is 0.796. The standard InChI is InChI=1S/C15H22N2O2/c1-4-17(3)15(18)10-19-12-6-7-13-11(9-12)5-8-14(13)16-2/h6-7,9,14,16H,4-5,8,10H2,1-3H3. The van der Waals surface area contributed by atoms with Crippen molar-refractivity contribution in [2.24, 2.45) is 0 Å². The number of fused-ring (bicyclic) bond motifs is 1. The van der Waals surface area contributed by atoms with Crippen molar-refractivity contribution in [1.82, 2.24) is 10.2 Å². The zero-order valence-corrected chi connectivity index (χ0v) is 11.9. The Hall–Kier alpha value is -1.55. The lowest BCUT2D eigenvalue weighted by Crippen LogP contribution is -2.31. The fourth-order valence-corrected chi connectivity index (χ4v) is 2.42. The molecule has 1 aliphatic rings. The maximum atomic E-state index is 11.7. The molecule has 1 atom stereocenters. The molecule has 0 saturated heterocycles. The summed E-state index contributed by atoms with van der Waals surface area (Å²) in [4.78, 5) is 13.3. The molecule has 1 N–H and O–H groups in total. The summed E-state index contributed by atoms with van der Waals surface area (Å²) in [6.45, 7) is 2.76. The average Bonchev–Trinajstić information content (AvgIpc) is 2.85. The van der Waals surface area contributed by atoms with Crippen molar-refractivity contribution in [3.05, 3.63) is 29.3 Å². The average molecular weight is 262 g/mol. The highest BCUT2D eigenvalue weighted by Crippen LogP contribution is 2.33. The molecular weight excluding hydrogens is 240 g/mol. The predicted octanol–water partition coefficient (Wildman–Crippen LogP) is 1.75. The largest absolute Gasteiger partial charge is 0.484 e. The summed E-state index contributed by atoms with van der Waals surface area (Å²) in [5, 5.41) is 3.31. The number of nitrogens with zero attached hydrogens (tertiary/aromatic N) is 1. The molecule has 4 heteroatoms. The number of carbonyl (C=O) groups excluding carboxylic acids is 1. The van der Waals surface area contributed by atoms with E-state index in [4.69, 9.17) is 4.74 Å². The zero-order valence-electron chi connectivity index (χ0n) is 11.9. The Morgan fingerprint density at radius 2 is 2.32 bits per heavy atom. The molecule has 1 unspecified atom stereocenters. The van der Waals surface area contributed by atoms with Gasteiger partial charge in [-0.2, -0.15) is 0 Å². The Morgan fingerprint density at radius 1 is 1.53 bits per heavy atom. The second-order valence-electron chi connectivity index (χ2n) is 4.94. The third-order valence-electron chi connectivity index (χ3n) is 3.80. The molecule has 1 aromatic rings. The van der Waals surface area contributed by atoms with Gasteiger partial charge < -0.3 is 15.0 Å². The van der Waals surface area contributed by atoms with E-state index in [1.165, 1.54) is 11.1 Å². The SMILES string of the molecule is CCN(C)C(=O)COc1ccc2c(c1)CCC2NC. The van der Waals surface area contributed by atoms with Gasteiger partial charge in [-0.15, -0.1) is 0 Å². The molecule has 1 aliphatic carbocycles. The summed E-state index contributed by atoms with van der Waals surface area (Å²) in [7, 11) is 3.77. The number of likely N-dealkylation sites (N-methyl/N-ethyl adjacent to an activating group) is 1. The minimum absolute atomic E-state index is 0.0103. The van der Waals surface area contributed by atoms with Crippen molar-refractivity contribution >= 4 is 5.91 Å². The van der Waals surface area contributed by atoms with Crippen LogP contribution in [0.2, 0.25) is 0 Å². The van der Waals surface area contributed by atoms with Crippen LogP contribution in [-0.2, 0) is 11.2 Å². The van der Waals surface area contributed by atoms with Gasteiger partial charge in [0.1, 0.15) is 5.75 Å². The van der Waals surface area contributed by atoms with Crippen LogP contribution in [0.3, 0.4) is 0 Å². The molecule has 0 spiro atoms. The number of hydrogen-bond acceptors (Lipinski definition) is 3. The quantitative estimate of drug-likeness (QED) is 0.879. The molecular formula is C15H22N2O2. The van der Waals surface area contributed by atoms with Crippen molar-refractivity contribution in [3.8, 4) is 5.75 Å². The van der Waals surface area contributed by atoms with E-state index in [2.05, 4.69) is 17.4 Å². The van der Waals surface area contributed by atoms with Crippen molar-refractivity contribution < 1.29 is 9.53 Å². The van der Waals surface area contributed by atoms with Crippen LogP contribution in [0.25, 0.3) is 0 Å². The molecule has 4 nitrogen and oxygen atoms in total. The third kappa shape index (κ3) is 3.07. The van der Waals surface area contributed by atoms with Gasteiger partial charge in [-0.25, -0.2) is 0 Å². The summed E-state index contributed by atoms with van der Waals surface area (Å²) < 4.78 is 5.57. The van der Waals surface area contributed by atoms with Crippen molar-refractivity contribution in [2.75, 3.05) is 27.2 Å². The maximum Gasteiger partial charge on any atom is 0.260 e. The first-order valence-corrected chi connectivity index (χ1v) is 6.82. The molecule has 1 aromatic carbocycles. The van der Waals surface area contributed by atoms with Gasteiger partial charge in [0, 0.05) is 19.6 Å². The summed E-state index contributed by atoms with van der Waals surface area (Å²) in [6.07, 6.45) is 2.20. The van der Waals surface area contributed by atoms with E-state index < -0.39 is 0 Å². The number of amides is 1. The van der Waals surface area contributed by atoms with Crippen LogP contribution in [-0.4, -0.2) is 38.1 Å². The molecule has 0 saturated carbocycles. The molecule has 104 valence electrons. The van der Waals surface area contributed by atoms with Gasteiger partial charge in [-0.1, -0.05) is 6.07 Å². The number of nitrogens with one attached hydrogen (secondary N) is 1. The topological polar surface area (TPSA) is 41.6 Å². The Morgan fingerprint density at radius 3 is 3.00 bits per heavy atom. The number of benzene rings is 1. The molecule has 0 aromatic heterocycles.